The minimum Gasteiger partial charge on any atom is -0.508 e. The molecule has 1 aliphatic heterocycles. The lowest BCUT2D eigenvalue weighted by Gasteiger charge is -2.40. The number of halogens is 1. The first kappa shape index (κ1) is 23.8. The van der Waals surface area contributed by atoms with Crippen LogP contribution in [0.1, 0.15) is 51.3 Å². The van der Waals surface area contributed by atoms with E-state index in [4.69, 9.17) is 21.1 Å². The van der Waals surface area contributed by atoms with Gasteiger partial charge in [-0.05, 0) is 69.9 Å². The fourth-order valence-electron chi connectivity index (χ4n) is 3.88. The maximum Gasteiger partial charge on any atom is 0.288 e. The zero-order chi connectivity index (χ0) is 24.0. The fraction of sp³-hybridized carbons (Fsp3) is 0.375. The molecule has 0 saturated carbocycles. The van der Waals surface area contributed by atoms with E-state index in [1.54, 1.807) is 46.8 Å². The monoisotopic (exact) mass is 459 g/mol. The summed E-state index contributed by atoms with van der Waals surface area (Å²) in [7, 11) is 0. The number of rotatable bonds is 5. The lowest BCUT2D eigenvalue weighted by molar-refractivity contribution is -0.384. The van der Waals surface area contributed by atoms with Crippen molar-refractivity contribution in [3.63, 3.8) is 0 Å². The van der Waals surface area contributed by atoms with Gasteiger partial charge < -0.3 is 14.6 Å². The van der Waals surface area contributed by atoms with E-state index in [1.165, 1.54) is 12.1 Å². The van der Waals surface area contributed by atoms with Crippen molar-refractivity contribution in [1.29, 1.82) is 0 Å². The highest BCUT2D eigenvalue weighted by molar-refractivity contribution is 6.32. The third-order valence-electron chi connectivity index (χ3n) is 5.49. The Morgan fingerprint density at radius 3 is 2.41 bits per heavy atom. The van der Waals surface area contributed by atoms with Gasteiger partial charge in [0.25, 0.3) is 5.69 Å². The Hall–Kier alpha value is -2.90. The Morgan fingerprint density at radius 1 is 1.16 bits per heavy atom. The number of hydrogen-bond donors (Lipinski definition) is 1. The second kappa shape index (κ2) is 8.22. The molecule has 0 spiro atoms. The van der Waals surface area contributed by atoms with E-state index in [0.717, 1.165) is 5.56 Å². The van der Waals surface area contributed by atoms with Crippen LogP contribution in [0.4, 0.5) is 5.69 Å². The SMILES string of the molecule is CCc1ccc(Oc2cc(Cl)c([N+](=O)[O-])cc2C)cc1C1=C(O)C(C)(C)OC(C)(C)C1=O. The summed E-state index contributed by atoms with van der Waals surface area (Å²) in [6.45, 7) is 10.4. The number of nitro groups is 1. The van der Waals surface area contributed by atoms with Gasteiger partial charge >= 0.3 is 0 Å². The zero-order valence-electron chi connectivity index (χ0n) is 18.9. The largest absolute Gasteiger partial charge is 0.508 e. The summed E-state index contributed by atoms with van der Waals surface area (Å²) < 4.78 is 11.8. The van der Waals surface area contributed by atoms with Gasteiger partial charge in [0.05, 0.1) is 10.5 Å². The van der Waals surface area contributed by atoms with Crippen LogP contribution in [0, 0.1) is 17.0 Å². The smallest absolute Gasteiger partial charge is 0.288 e. The molecule has 1 heterocycles. The highest BCUT2D eigenvalue weighted by atomic mass is 35.5. The fourth-order valence-corrected chi connectivity index (χ4v) is 4.10. The van der Waals surface area contributed by atoms with Crippen molar-refractivity contribution in [2.75, 3.05) is 0 Å². The van der Waals surface area contributed by atoms with Gasteiger partial charge in [-0.15, -0.1) is 0 Å². The number of carbonyl (C=O) groups is 1. The number of aryl methyl sites for hydroxylation is 2. The number of aliphatic hydroxyl groups is 1. The van der Waals surface area contributed by atoms with Gasteiger partial charge in [-0.25, -0.2) is 0 Å². The van der Waals surface area contributed by atoms with Crippen LogP contribution >= 0.6 is 11.6 Å². The number of nitrogens with zero attached hydrogens (tertiary/aromatic N) is 1. The van der Waals surface area contributed by atoms with Gasteiger partial charge in [0.15, 0.2) is 5.78 Å². The van der Waals surface area contributed by atoms with Crippen LogP contribution in [0.2, 0.25) is 5.02 Å². The number of benzene rings is 2. The van der Waals surface area contributed by atoms with Gasteiger partial charge in [0.2, 0.25) is 0 Å². The topological polar surface area (TPSA) is 98.9 Å². The number of ketones is 1. The van der Waals surface area contributed by atoms with Crippen LogP contribution in [-0.2, 0) is 16.0 Å². The van der Waals surface area contributed by atoms with Crippen LogP contribution in [-0.4, -0.2) is 27.0 Å². The van der Waals surface area contributed by atoms with Gasteiger partial charge in [-0.1, -0.05) is 24.6 Å². The molecule has 8 heteroatoms. The van der Waals surface area contributed by atoms with Crippen LogP contribution in [0.15, 0.2) is 36.1 Å². The molecule has 1 aliphatic rings. The van der Waals surface area contributed by atoms with Crippen LogP contribution in [0.5, 0.6) is 11.5 Å². The van der Waals surface area contributed by atoms with Crippen molar-refractivity contribution >= 4 is 28.6 Å². The standard InChI is InChI=1S/C24H26ClNO6/c1-7-14-8-9-15(31-19-12-17(25)18(26(29)30)10-13(19)2)11-16(14)20-21(27)23(3,4)32-24(5,6)22(20)28/h8-12,27H,7H2,1-6H3. The first-order valence-electron chi connectivity index (χ1n) is 10.2. The molecule has 0 atom stereocenters. The van der Waals surface area contributed by atoms with Gasteiger partial charge in [-0.2, -0.15) is 0 Å². The van der Waals surface area contributed by atoms with E-state index in [2.05, 4.69) is 0 Å². The molecule has 0 saturated heterocycles. The van der Waals surface area contributed by atoms with Crippen molar-refractivity contribution in [3.8, 4) is 11.5 Å². The number of carbonyl (C=O) groups excluding carboxylic acids is 1. The van der Waals surface area contributed by atoms with Crippen molar-refractivity contribution in [2.45, 2.75) is 59.2 Å². The maximum atomic E-state index is 13.2. The van der Waals surface area contributed by atoms with E-state index in [-0.39, 0.29) is 27.8 Å². The van der Waals surface area contributed by atoms with Gasteiger partial charge in [0, 0.05) is 12.1 Å². The highest BCUT2D eigenvalue weighted by Gasteiger charge is 2.47. The molecule has 0 aromatic heterocycles. The second-order valence-electron chi connectivity index (χ2n) is 8.78. The molecule has 0 unspecified atom stereocenters. The average molecular weight is 460 g/mol. The molecule has 7 nitrogen and oxygen atoms in total. The normalized spacial score (nSPS) is 17.4. The third-order valence-corrected chi connectivity index (χ3v) is 5.79. The summed E-state index contributed by atoms with van der Waals surface area (Å²) in [5, 5.41) is 22.0. The Morgan fingerprint density at radius 2 is 1.81 bits per heavy atom. The first-order chi connectivity index (χ1) is 14.8. The van der Waals surface area contributed by atoms with Crippen molar-refractivity contribution in [2.24, 2.45) is 0 Å². The van der Waals surface area contributed by atoms with Gasteiger partial charge in [0.1, 0.15) is 33.5 Å². The van der Waals surface area contributed by atoms with Crippen LogP contribution in [0.25, 0.3) is 5.57 Å². The van der Waals surface area contributed by atoms with Crippen molar-refractivity contribution in [1.82, 2.24) is 0 Å². The minimum atomic E-state index is -1.12. The molecule has 170 valence electrons. The Kier molecular flexibility index (Phi) is 6.10. The molecule has 1 N–H and O–H groups in total. The van der Waals surface area contributed by atoms with Crippen LogP contribution in [0.3, 0.4) is 0 Å². The molecular formula is C24H26ClNO6. The number of ether oxygens (including phenoxy) is 2. The Bertz CT molecular complexity index is 1150. The molecule has 3 rings (SSSR count). The van der Waals surface area contributed by atoms with E-state index < -0.39 is 16.1 Å². The molecule has 32 heavy (non-hydrogen) atoms. The summed E-state index contributed by atoms with van der Waals surface area (Å²) in [5.41, 5.74) is -0.208. The van der Waals surface area contributed by atoms with E-state index >= 15 is 0 Å². The minimum absolute atomic E-state index is 0.0375. The summed E-state index contributed by atoms with van der Waals surface area (Å²) >= 11 is 6.04. The molecular weight excluding hydrogens is 434 g/mol. The Balaban J connectivity index is 2.12. The summed E-state index contributed by atoms with van der Waals surface area (Å²) in [6, 6.07) is 8.00. The molecule has 0 fully saturated rings. The van der Waals surface area contributed by atoms with Crippen molar-refractivity contribution < 1.29 is 24.3 Å². The average Bonchev–Trinajstić information content (AvgIpc) is 2.69. The number of nitro benzene ring substituents is 1. The summed E-state index contributed by atoms with van der Waals surface area (Å²) in [6.07, 6.45) is 0.629. The molecule has 0 amide bonds. The third kappa shape index (κ3) is 4.23. The van der Waals surface area contributed by atoms with Crippen LogP contribution < -0.4 is 4.74 Å². The molecule has 2 aromatic rings. The van der Waals surface area contributed by atoms with Gasteiger partial charge in [-0.3, -0.25) is 14.9 Å². The first-order valence-corrected chi connectivity index (χ1v) is 10.6. The second-order valence-corrected chi connectivity index (χ2v) is 9.18. The van der Waals surface area contributed by atoms with E-state index in [0.29, 0.717) is 29.0 Å². The number of hydrogen-bond acceptors (Lipinski definition) is 6. The summed E-state index contributed by atoms with van der Waals surface area (Å²) in [4.78, 5) is 23.8. The lowest BCUT2D eigenvalue weighted by atomic mass is 9.81. The number of aliphatic hydroxyl groups excluding tert-OH is 1. The molecule has 0 radical (unpaired) electrons. The quantitative estimate of drug-likeness (QED) is 0.414. The summed E-state index contributed by atoms with van der Waals surface area (Å²) in [5.74, 6) is 0.298. The Labute approximate surface area is 191 Å². The molecule has 0 aliphatic carbocycles. The highest BCUT2D eigenvalue weighted by Crippen LogP contribution is 2.42. The predicted molar refractivity (Wildman–Crippen MR) is 123 cm³/mol. The van der Waals surface area contributed by atoms with E-state index in [9.17, 15) is 20.0 Å². The maximum absolute atomic E-state index is 13.2. The number of Topliss-reactive ketones (excluding diaryl/α,β-unsaturated/α-hetero) is 1. The van der Waals surface area contributed by atoms with E-state index in [1.807, 2.05) is 13.0 Å². The predicted octanol–water partition coefficient (Wildman–Crippen LogP) is 6.34. The molecule has 0 bridgehead atoms. The molecule has 2 aromatic carbocycles. The zero-order valence-corrected chi connectivity index (χ0v) is 19.7. The van der Waals surface area contributed by atoms with Crippen molar-refractivity contribution in [3.05, 3.63) is 67.9 Å². The lowest BCUT2D eigenvalue weighted by Crippen LogP contribution is -2.49.